The van der Waals surface area contributed by atoms with Crippen molar-refractivity contribution in [2.75, 3.05) is 11.1 Å². The van der Waals surface area contributed by atoms with Crippen molar-refractivity contribution in [3.63, 3.8) is 0 Å². The van der Waals surface area contributed by atoms with Crippen LogP contribution in [0.25, 0.3) is 15.9 Å². The second-order valence-corrected chi connectivity index (χ2v) is 7.53. The largest absolute Gasteiger partial charge is 0.420 e. The van der Waals surface area contributed by atoms with E-state index in [9.17, 15) is 9.59 Å². The molecule has 31 heavy (non-hydrogen) atoms. The predicted molar refractivity (Wildman–Crippen MR) is 116 cm³/mol. The number of nitrogens with one attached hydrogen (secondary N) is 1. The number of thiazole rings is 1. The van der Waals surface area contributed by atoms with Crippen molar-refractivity contribution in [2.24, 2.45) is 0 Å². The van der Waals surface area contributed by atoms with Crippen LogP contribution in [0, 0.1) is 0 Å². The summed E-state index contributed by atoms with van der Waals surface area (Å²) in [6.45, 7) is 0. The summed E-state index contributed by atoms with van der Waals surface area (Å²) in [4.78, 5) is 38.2. The molecule has 152 valence electrons. The minimum Gasteiger partial charge on any atom is -0.420 e. The number of para-hydroxylation sites is 1. The number of carbonyl (C=O) groups is 2. The Kier molecular flexibility index (Phi) is 4.53. The summed E-state index contributed by atoms with van der Waals surface area (Å²) in [7, 11) is 0. The van der Waals surface area contributed by atoms with Crippen LogP contribution in [0.5, 0.6) is 5.75 Å². The van der Waals surface area contributed by atoms with E-state index >= 15 is 0 Å². The number of ether oxygens (including phenoxy) is 1. The number of rotatable bonds is 4. The molecule has 0 aliphatic heterocycles. The van der Waals surface area contributed by atoms with E-state index in [0.29, 0.717) is 10.8 Å². The number of nitrogen functional groups attached to an aromatic ring is 1. The molecule has 4 aromatic heterocycles. The molecule has 0 aliphatic rings. The lowest BCUT2D eigenvalue weighted by molar-refractivity contribution is 0.0733. The highest BCUT2D eigenvalue weighted by Gasteiger charge is 2.21. The summed E-state index contributed by atoms with van der Waals surface area (Å²) in [6, 6.07) is 13.9. The van der Waals surface area contributed by atoms with Gasteiger partial charge in [0.1, 0.15) is 11.4 Å². The summed E-state index contributed by atoms with van der Waals surface area (Å²) in [5.74, 6) is -0.922. The zero-order chi connectivity index (χ0) is 21.4. The summed E-state index contributed by atoms with van der Waals surface area (Å²) < 4.78 is 8.06. The third-order valence-corrected chi connectivity index (χ3v) is 5.38. The molecule has 9 nitrogen and oxygen atoms in total. The SMILES string of the molecule is Nc1cn2cccc(C(=O)Oc3cccnc3C(=O)Nc3nc4ccccc4s3)c2n1. The molecule has 5 aromatic rings. The van der Waals surface area contributed by atoms with Gasteiger partial charge in [-0.1, -0.05) is 23.5 Å². The minimum atomic E-state index is -0.682. The second kappa shape index (κ2) is 7.50. The molecule has 0 atom stereocenters. The van der Waals surface area contributed by atoms with E-state index in [4.69, 9.17) is 10.5 Å². The van der Waals surface area contributed by atoms with E-state index in [-0.39, 0.29) is 22.8 Å². The van der Waals surface area contributed by atoms with Crippen molar-refractivity contribution < 1.29 is 14.3 Å². The number of benzene rings is 1. The van der Waals surface area contributed by atoms with Gasteiger partial charge in [0.15, 0.2) is 22.2 Å². The van der Waals surface area contributed by atoms with Gasteiger partial charge in [0.05, 0.1) is 16.4 Å². The number of aromatic nitrogens is 4. The van der Waals surface area contributed by atoms with E-state index in [1.54, 1.807) is 35.0 Å². The Hall–Kier alpha value is -4.31. The maximum Gasteiger partial charge on any atom is 0.347 e. The Labute approximate surface area is 179 Å². The van der Waals surface area contributed by atoms with Gasteiger partial charge in [0, 0.05) is 12.4 Å². The van der Waals surface area contributed by atoms with E-state index < -0.39 is 11.9 Å². The van der Waals surface area contributed by atoms with Crippen LogP contribution in [-0.2, 0) is 0 Å². The van der Waals surface area contributed by atoms with Gasteiger partial charge in [-0.15, -0.1) is 0 Å². The summed E-state index contributed by atoms with van der Waals surface area (Å²) in [5.41, 5.74) is 7.03. The molecule has 0 fully saturated rings. The normalized spacial score (nSPS) is 11.0. The summed E-state index contributed by atoms with van der Waals surface area (Å²) in [6.07, 6.45) is 4.75. The van der Waals surface area contributed by atoms with Crippen LogP contribution in [0.3, 0.4) is 0 Å². The molecule has 0 bridgehead atoms. The third-order valence-electron chi connectivity index (χ3n) is 4.42. The third kappa shape index (κ3) is 3.55. The molecule has 1 amide bonds. The molecule has 0 saturated carbocycles. The first-order valence-corrected chi connectivity index (χ1v) is 9.97. The number of hydrogen-bond acceptors (Lipinski definition) is 8. The molecule has 0 unspecified atom stereocenters. The van der Waals surface area contributed by atoms with Gasteiger partial charge >= 0.3 is 5.97 Å². The Morgan fingerprint density at radius 3 is 2.81 bits per heavy atom. The highest BCUT2D eigenvalue weighted by atomic mass is 32.1. The zero-order valence-corrected chi connectivity index (χ0v) is 16.7. The lowest BCUT2D eigenvalue weighted by Gasteiger charge is -2.09. The Balaban J connectivity index is 1.42. The van der Waals surface area contributed by atoms with Crippen LogP contribution in [0.2, 0.25) is 0 Å². The number of imidazole rings is 1. The van der Waals surface area contributed by atoms with E-state index in [0.717, 1.165) is 10.2 Å². The average Bonchev–Trinajstić information content (AvgIpc) is 3.35. The molecule has 5 rings (SSSR count). The Morgan fingerprint density at radius 1 is 1.06 bits per heavy atom. The fraction of sp³-hybridized carbons (Fsp3) is 0. The average molecular weight is 430 g/mol. The molecule has 0 spiro atoms. The van der Waals surface area contributed by atoms with Crippen LogP contribution in [-0.4, -0.2) is 31.2 Å². The van der Waals surface area contributed by atoms with Crippen LogP contribution in [0.4, 0.5) is 10.9 Å². The minimum absolute atomic E-state index is 0.0210. The molecule has 4 heterocycles. The molecule has 1 aromatic carbocycles. The van der Waals surface area contributed by atoms with Gasteiger partial charge in [0.2, 0.25) is 0 Å². The summed E-state index contributed by atoms with van der Waals surface area (Å²) >= 11 is 1.34. The van der Waals surface area contributed by atoms with Crippen molar-refractivity contribution >= 4 is 50.0 Å². The second-order valence-electron chi connectivity index (χ2n) is 6.50. The maximum atomic E-state index is 12.8. The molecule has 3 N–H and O–H groups in total. The fourth-order valence-corrected chi connectivity index (χ4v) is 3.93. The lowest BCUT2D eigenvalue weighted by atomic mass is 10.2. The monoisotopic (exact) mass is 430 g/mol. The fourth-order valence-electron chi connectivity index (χ4n) is 3.07. The van der Waals surface area contributed by atoms with Crippen LogP contribution < -0.4 is 15.8 Å². The van der Waals surface area contributed by atoms with Crippen molar-refractivity contribution in [3.05, 3.63) is 78.4 Å². The highest BCUT2D eigenvalue weighted by Crippen LogP contribution is 2.27. The lowest BCUT2D eigenvalue weighted by Crippen LogP contribution is -2.18. The number of fused-ring (bicyclic) bond motifs is 2. The standard InChI is InChI=1S/C21H14N6O3S/c22-16-11-27-10-4-5-12(18(27)25-16)20(29)30-14-7-3-9-23-17(14)19(28)26-21-24-13-6-1-2-8-15(13)31-21/h1-11H,22H2,(H,24,26,28). The van der Waals surface area contributed by atoms with Gasteiger partial charge in [-0.3, -0.25) is 10.1 Å². The highest BCUT2D eigenvalue weighted by molar-refractivity contribution is 7.22. The smallest absolute Gasteiger partial charge is 0.347 e. The zero-order valence-electron chi connectivity index (χ0n) is 15.9. The quantitative estimate of drug-likeness (QED) is 0.419. The first kappa shape index (κ1) is 18.7. The molecule has 0 aliphatic carbocycles. The van der Waals surface area contributed by atoms with Crippen molar-refractivity contribution in [1.82, 2.24) is 19.4 Å². The number of esters is 1. The maximum absolute atomic E-state index is 12.8. The van der Waals surface area contributed by atoms with Crippen LogP contribution >= 0.6 is 11.3 Å². The number of nitrogens with two attached hydrogens (primary N) is 1. The van der Waals surface area contributed by atoms with Gasteiger partial charge in [-0.2, -0.15) is 0 Å². The number of hydrogen-bond donors (Lipinski definition) is 2. The van der Waals surface area contributed by atoms with Gasteiger partial charge in [-0.05, 0) is 36.4 Å². The first-order valence-electron chi connectivity index (χ1n) is 9.16. The topological polar surface area (TPSA) is 124 Å². The van der Waals surface area contributed by atoms with E-state index in [1.807, 2.05) is 24.3 Å². The summed E-state index contributed by atoms with van der Waals surface area (Å²) in [5, 5.41) is 3.14. The van der Waals surface area contributed by atoms with Crippen LogP contribution in [0.1, 0.15) is 20.8 Å². The molecular formula is C21H14N6O3S. The van der Waals surface area contributed by atoms with Crippen molar-refractivity contribution in [1.29, 1.82) is 0 Å². The number of nitrogens with zero attached hydrogens (tertiary/aromatic N) is 4. The Bertz CT molecular complexity index is 1430. The van der Waals surface area contributed by atoms with Crippen LogP contribution in [0.15, 0.2) is 67.1 Å². The number of amides is 1. The first-order chi connectivity index (χ1) is 15.1. The van der Waals surface area contributed by atoms with Gasteiger partial charge in [0.25, 0.3) is 5.91 Å². The molecule has 10 heteroatoms. The van der Waals surface area contributed by atoms with E-state index in [2.05, 4.69) is 20.3 Å². The van der Waals surface area contributed by atoms with Gasteiger partial charge < -0.3 is 14.9 Å². The van der Waals surface area contributed by atoms with E-state index in [1.165, 1.54) is 23.6 Å². The van der Waals surface area contributed by atoms with Gasteiger partial charge in [-0.25, -0.2) is 19.7 Å². The predicted octanol–water partition coefficient (Wildman–Crippen LogP) is 3.39. The molecular weight excluding hydrogens is 416 g/mol. The number of pyridine rings is 2. The number of anilines is 2. The molecule has 0 radical (unpaired) electrons. The van der Waals surface area contributed by atoms with Crippen molar-refractivity contribution in [2.45, 2.75) is 0 Å². The Morgan fingerprint density at radius 2 is 1.94 bits per heavy atom. The number of carbonyl (C=O) groups excluding carboxylic acids is 2. The molecule has 0 saturated heterocycles. The van der Waals surface area contributed by atoms with Crippen molar-refractivity contribution in [3.8, 4) is 5.75 Å².